The monoisotopic (exact) mass is 556 g/mol. The number of rotatable bonds is 9. The highest BCUT2D eigenvalue weighted by molar-refractivity contribution is 6.31. The molecule has 1 heterocycles. The van der Waals surface area contributed by atoms with Crippen LogP contribution in [0.5, 0.6) is 5.75 Å². The number of methoxy groups -OCH3 is 1. The number of hydrogen-bond donors (Lipinski definition) is 2. The number of amides is 1. The number of pyridine rings is 1. The Morgan fingerprint density at radius 1 is 1.07 bits per heavy atom. The maximum absolute atomic E-state index is 13.7. The minimum Gasteiger partial charge on any atom is -0.495 e. The summed E-state index contributed by atoms with van der Waals surface area (Å²) in [5, 5.41) is 3.32. The first-order chi connectivity index (χ1) is 19.2. The van der Waals surface area contributed by atoms with Crippen LogP contribution in [0.1, 0.15) is 34.5 Å². The summed E-state index contributed by atoms with van der Waals surface area (Å²) in [6.45, 7) is 1.44. The molecule has 8 nitrogen and oxygen atoms in total. The highest BCUT2D eigenvalue weighted by atomic mass is 35.5. The maximum Gasteiger partial charge on any atom is 0.252 e. The molecule has 1 unspecified atom stereocenters. The molecule has 0 fully saturated rings. The van der Waals surface area contributed by atoms with E-state index < -0.39 is 17.5 Å². The summed E-state index contributed by atoms with van der Waals surface area (Å²) in [5.41, 5.74) is 9.39. The van der Waals surface area contributed by atoms with Gasteiger partial charge >= 0.3 is 0 Å². The van der Waals surface area contributed by atoms with Gasteiger partial charge in [-0.15, -0.1) is 0 Å². The number of anilines is 2. The number of aliphatic imine (C=N–C) groups is 1. The van der Waals surface area contributed by atoms with Crippen molar-refractivity contribution in [2.75, 3.05) is 25.2 Å². The second-order valence-corrected chi connectivity index (χ2v) is 9.61. The molecule has 1 amide bonds. The molecular formula is C31H29ClN4O4. The van der Waals surface area contributed by atoms with Gasteiger partial charge < -0.3 is 15.8 Å². The van der Waals surface area contributed by atoms with Crippen molar-refractivity contribution >= 4 is 40.9 Å². The molecule has 1 aromatic heterocycles. The van der Waals surface area contributed by atoms with Gasteiger partial charge in [0.15, 0.2) is 5.78 Å². The molecule has 0 saturated carbocycles. The summed E-state index contributed by atoms with van der Waals surface area (Å²) < 4.78 is 6.99. The fourth-order valence-corrected chi connectivity index (χ4v) is 4.65. The van der Waals surface area contributed by atoms with Crippen LogP contribution in [-0.2, 0) is 11.2 Å². The van der Waals surface area contributed by atoms with E-state index in [0.29, 0.717) is 44.4 Å². The van der Waals surface area contributed by atoms with E-state index in [-0.39, 0.29) is 12.2 Å². The number of nitrogens with zero attached hydrogens (tertiary/aromatic N) is 2. The molecule has 0 saturated heterocycles. The van der Waals surface area contributed by atoms with Crippen molar-refractivity contribution in [2.45, 2.75) is 19.4 Å². The van der Waals surface area contributed by atoms with E-state index >= 15 is 0 Å². The second-order valence-electron chi connectivity index (χ2n) is 9.17. The lowest BCUT2D eigenvalue weighted by atomic mass is 9.97. The van der Waals surface area contributed by atoms with E-state index in [1.165, 1.54) is 30.9 Å². The SMILES string of the molecule is CN=Cc1cc(NC(=O)C(Cc2ccccc2)n2cc(OC)c(-c3cc(Cl)ccc3C(C)=O)cc2=O)ccc1N. The molecular weight excluding hydrogens is 528 g/mol. The molecule has 204 valence electrons. The average molecular weight is 557 g/mol. The number of ketones is 1. The summed E-state index contributed by atoms with van der Waals surface area (Å²) >= 11 is 6.23. The third-order valence-corrected chi connectivity index (χ3v) is 6.68. The zero-order valence-corrected chi connectivity index (χ0v) is 23.1. The number of aromatic nitrogens is 1. The highest BCUT2D eigenvalue weighted by Crippen LogP contribution is 2.34. The van der Waals surface area contributed by atoms with Crippen LogP contribution < -0.4 is 21.3 Å². The van der Waals surface area contributed by atoms with Crippen molar-refractivity contribution in [3.8, 4) is 16.9 Å². The third kappa shape index (κ3) is 6.30. The Morgan fingerprint density at radius 2 is 1.82 bits per heavy atom. The molecule has 0 aliphatic rings. The van der Waals surface area contributed by atoms with Crippen LogP contribution in [0.3, 0.4) is 0 Å². The molecule has 4 aromatic rings. The number of carbonyl (C=O) groups excluding carboxylic acids is 2. The maximum atomic E-state index is 13.7. The third-order valence-electron chi connectivity index (χ3n) is 6.45. The minimum atomic E-state index is -0.926. The predicted molar refractivity (Wildman–Crippen MR) is 160 cm³/mol. The van der Waals surface area contributed by atoms with E-state index in [2.05, 4.69) is 10.3 Å². The number of benzene rings is 3. The number of Topliss-reactive ketones (excluding diaryl/α,β-unsaturated/α-hetero) is 1. The summed E-state index contributed by atoms with van der Waals surface area (Å²) in [6.07, 6.45) is 3.34. The van der Waals surface area contributed by atoms with Gasteiger partial charge in [-0.1, -0.05) is 41.9 Å². The molecule has 0 spiro atoms. The lowest BCUT2D eigenvalue weighted by Gasteiger charge is -2.22. The van der Waals surface area contributed by atoms with Gasteiger partial charge in [0.2, 0.25) is 5.91 Å². The Kier molecular flexibility index (Phi) is 8.81. The van der Waals surface area contributed by atoms with E-state index in [4.69, 9.17) is 22.1 Å². The fourth-order valence-electron chi connectivity index (χ4n) is 4.48. The summed E-state index contributed by atoms with van der Waals surface area (Å²) in [5.74, 6) is -0.281. The summed E-state index contributed by atoms with van der Waals surface area (Å²) in [6, 6.07) is 19.8. The molecule has 0 radical (unpaired) electrons. The van der Waals surface area contributed by atoms with Crippen LogP contribution in [-0.4, -0.2) is 36.6 Å². The van der Waals surface area contributed by atoms with Crippen molar-refractivity contribution in [1.82, 2.24) is 4.57 Å². The minimum absolute atomic E-state index is 0.185. The number of carbonyl (C=O) groups is 2. The van der Waals surface area contributed by atoms with Crippen molar-refractivity contribution in [3.63, 3.8) is 0 Å². The Balaban J connectivity index is 1.81. The zero-order valence-electron chi connectivity index (χ0n) is 22.4. The largest absolute Gasteiger partial charge is 0.495 e. The number of ether oxygens (including phenoxy) is 1. The second kappa shape index (κ2) is 12.4. The lowest BCUT2D eigenvalue weighted by Crippen LogP contribution is -2.34. The van der Waals surface area contributed by atoms with Gasteiger partial charge in [-0.2, -0.15) is 0 Å². The molecule has 1 atom stereocenters. The van der Waals surface area contributed by atoms with Crippen LogP contribution in [0, 0.1) is 0 Å². The number of hydrogen-bond acceptors (Lipinski definition) is 6. The molecule has 3 N–H and O–H groups in total. The van der Waals surface area contributed by atoms with Crippen LogP contribution in [0.25, 0.3) is 11.1 Å². The zero-order chi connectivity index (χ0) is 28.8. The van der Waals surface area contributed by atoms with Crippen molar-refractivity contribution in [3.05, 3.63) is 111 Å². The number of nitrogens with two attached hydrogens (primary N) is 1. The summed E-state index contributed by atoms with van der Waals surface area (Å²) in [7, 11) is 3.09. The standard InChI is InChI=1S/C31H29ClN4O4/c1-19(37)24-11-9-22(32)15-25(24)26-16-30(38)36(18-29(26)40-3)28(13-20-7-5-4-6-8-20)31(39)35-23-10-12-27(33)21(14-23)17-34-2/h4-12,14-18,28H,13,33H2,1-3H3,(H,35,39). The molecule has 4 rings (SSSR count). The Morgan fingerprint density at radius 3 is 2.50 bits per heavy atom. The molecule has 40 heavy (non-hydrogen) atoms. The molecule has 0 aliphatic heterocycles. The van der Waals surface area contributed by atoms with Crippen LogP contribution in [0.4, 0.5) is 11.4 Å². The Hall–Kier alpha value is -4.69. The van der Waals surface area contributed by atoms with Crippen LogP contribution in [0.2, 0.25) is 5.02 Å². The first kappa shape index (κ1) is 28.3. The predicted octanol–water partition coefficient (Wildman–Crippen LogP) is 5.43. The number of halogens is 1. The van der Waals surface area contributed by atoms with E-state index in [1.54, 1.807) is 49.7 Å². The first-order valence-corrected chi connectivity index (χ1v) is 12.9. The first-order valence-electron chi connectivity index (χ1n) is 12.5. The quantitative estimate of drug-likeness (QED) is 0.162. The number of nitrogen functional groups attached to an aromatic ring is 1. The molecule has 0 aliphatic carbocycles. The van der Waals surface area contributed by atoms with Crippen LogP contribution >= 0.6 is 11.6 Å². The van der Waals surface area contributed by atoms with E-state index in [9.17, 15) is 14.4 Å². The smallest absolute Gasteiger partial charge is 0.252 e. The Labute approximate surface area is 237 Å². The molecule has 0 bridgehead atoms. The van der Waals surface area contributed by atoms with Gasteiger partial charge in [-0.25, -0.2) is 0 Å². The fraction of sp³-hybridized carbons (Fsp3) is 0.161. The van der Waals surface area contributed by atoms with Crippen LogP contribution in [0.15, 0.2) is 88.8 Å². The van der Waals surface area contributed by atoms with E-state index in [1.807, 2.05) is 30.3 Å². The summed E-state index contributed by atoms with van der Waals surface area (Å²) in [4.78, 5) is 43.7. The van der Waals surface area contributed by atoms with Gasteiger partial charge in [-0.05, 0) is 54.4 Å². The van der Waals surface area contributed by atoms with E-state index in [0.717, 1.165) is 5.56 Å². The van der Waals surface area contributed by atoms with Gasteiger partial charge in [0.25, 0.3) is 5.56 Å². The average Bonchev–Trinajstić information content (AvgIpc) is 2.94. The Bertz CT molecular complexity index is 1650. The van der Waals surface area contributed by atoms with Gasteiger partial charge in [0.1, 0.15) is 11.8 Å². The van der Waals surface area contributed by atoms with Gasteiger partial charge in [-0.3, -0.25) is 23.9 Å². The van der Waals surface area contributed by atoms with Crippen molar-refractivity contribution < 1.29 is 14.3 Å². The van der Waals surface area contributed by atoms with Gasteiger partial charge in [0, 0.05) is 58.8 Å². The van der Waals surface area contributed by atoms with Crippen molar-refractivity contribution in [2.24, 2.45) is 4.99 Å². The lowest BCUT2D eigenvalue weighted by molar-refractivity contribution is -0.119. The topological polar surface area (TPSA) is 116 Å². The molecule has 3 aromatic carbocycles. The van der Waals surface area contributed by atoms with Gasteiger partial charge in [0.05, 0.1) is 13.3 Å². The normalized spacial score (nSPS) is 11.8. The number of nitrogens with one attached hydrogen (secondary N) is 1. The highest BCUT2D eigenvalue weighted by Gasteiger charge is 2.25. The van der Waals surface area contributed by atoms with Crippen molar-refractivity contribution in [1.29, 1.82) is 0 Å². The molecule has 9 heteroatoms.